The average Bonchev–Trinajstić information content (AvgIpc) is 3.30. The summed E-state index contributed by atoms with van der Waals surface area (Å²) in [5.74, 6) is 0.623. The number of amides is 1. The molecule has 1 aromatic carbocycles. The first-order valence-electron chi connectivity index (χ1n) is 12.6. The number of piperidine rings is 1. The minimum atomic E-state index is -0.448. The highest BCUT2D eigenvalue weighted by Gasteiger charge is 2.33. The lowest BCUT2D eigenvalue weighted by atomic mass is 9.89. The molecule has 0 unspecified atom stereocenters. The SMILES string of the molecule is Br.CCOc1cccc(F)c1CN1CCN(C(=O)[C@H](N)C2CCN(CCc3ccc(Cl)s3)CC2)CC1. The van der Waals surface area contributed by atoms with Crippen LogP contribution in [0.15, 0.2) is 30.3 Å². The molecule has 0 aliphatic carbocycles. The smallest absolute Gasteiger partial charge is 0.239 e. The Morgan fingerprint density at radius 1 is 1.14 bits per heavy atom. The molecule has 2 aliphatic rings. The van der Waals surface area contributed by atoms with Crippen LogP contribution in [0.5, 0.6) is 5.75 Å². The third kappa shape index (κ3) is 7.65. The molecule has 2 saturated heterocycles. The van der Waals surface area contributed by atoms with E-state index < -0.39 is 6.04 Å². The number of thiophene rings is 1. The second-order valence-corrected chi connectivity index (χ2v) is 11.2. The van der Waals surface area contributed by atoms with E-state index in [1.807, 2.05) is 24.0 Å². The Bertz CT molecular complexity index is 981. The van der Waals surface area contributed by atoms with Crippen molar-refractivity contribution in [3.05, 3.63) is 50.9 Å². The molecule has 0 bridgehead atoms. The highest BCUT2D eigenvalue weighted by molar-refractivity contribution is 8.93. The lowest BCUT2D eigenvalue weighted by molar-refractivity contribution is -0.136. The summed E-state index contributed by atoms with van der Waals surface area (Å²) in [4.78, 5) is 21.0. The van der Waals surface area contributed by atoms with Crippen LogP contribution in [-0.4, -0.2) is 79.1 Å². The molecular weight excluding hydrogens is 567 g/mol. The van der Waals surface area contributed by atoms with Crippen molar-refractivity contribution in [1.29, 1.82) is 0 Å². The highest BCUT2D eigenvalue weighted by Crippen LogP contribution is 2.26. The van der Waals surface area contributed by atoms with Crippen LogP contribution >= 0.6 is 39.9 Å². The summed E-state index contributed by atoms with van der Waals surface area (Å²) in [6, 6.07) is 8.56. The Hall–Kier alpha value is -1.23. The van der Waals surface area contributed by atoms with Gasteiger partial charge in [0.2, 0.25) is 5.91 Å². The van der Waals surface area contributed by atoms with Crippen molar-refractivity contribution in [3.63, 3.8) is 0 Å². The number of piperazine rings is 1. The van der Waals surface area contributed by atoms with Gasteiger partial charge < -0.3 is 20.3 Å². The van der Waals surface area contributed by atoms with E-state index in [1.54, 1.807) is 17.4 Å². The van der Waals surface area contributed by atoms with E-state index in [9.17, 15) is 9.18 Å². The van der Waals surface area contributed by atoms with Crippen molar-refractivity contribution in [2.24, 2.45) is 11.7 Å². The van der Waals surface area contributed by atoms with Crippen LogP contribution in [0.25, 0.3) is 0 Å². The van der Waals surface area contributed by atoms with Crippen molar-refractivity contribution in [3.8, 4) is 5.75 Å². The Kier molecular flexibility index (Phi) is 11.5. The standard InChI is InChI=1S/C26H36ClFN4O2S.BrH/c1-2-34-23-5-3-4-22(28)21(23)18-31-14-16-32(17-15-31)26(33)25(29)19-8-11-30(12-9-19)13-10-20-6-7-24(27)35-20;/h3-7,19,25H,2,8-18,29H2,1H3;1H/t25-;/m1./s1. The van der Waals surface area contributed by atoms with Crippen molar-refractivity contribution < 1.29 is 13.9 Å². The fourth-order valence-electron chi connectivity index (χ4n) is 5.04. The average molecular weight is 604 g/mol. The minimum Gasteiger partial charge on any atom is -0.493 e. The van der Waals surface area contributed by atoms with Crippen LogP contribution in [0.4, 0.5) is 4.39 Å². The number of ether oxygens (including phenoxy) is 1. The van der Waals surface area contributed by atoms with Gasteiger partial charge in [0.15, 0.2) is 0 Å². The molecule has 1 aromatic heterocycles. The van der Waals surface area contributed by atoms with E-state index in [-0.39, 0.29) is 34.6 Å². The summed E-state index contributed by atoms with van der Waals surface area (Å²) in [6.07, 6.45) is 2.91. The zero-order valence-electron chi connectivity index (χ0n) is 20.8. The van der Waals surface area contributed by atoms with Gasteiger partial charge in [-0.05, 0) is 69.5 Å². The summed E-state index contributed by atoms with van der Waals surface area (Å²) in [5.41, 5.74) is 7.05. The molecule has 0 spiro atoms. The molecule has 2 fully saturated rings. The molecule has 0 saturated carbocycles. The minimum absolute atomic E-state index is 0. The number of rotatable bonds is 9. The number of hydrogen-bond acceptors (Lipinski definition) is 6. The van der Waals surface area contributed by atoms with E-state index in [0.717, 1.165) is 43.2 Å². The highest BCUT2D eigenvalue weighted by atomic mass is 79.9. The molecule has 2 aromatic rings. The van der Waals surface area contributed by atoms with E-state index in [4.69, 9.17) is 22.1 Å². The van der Waals surface area contributed by atoms with E-state index >= 15 is 0 Å². The number of nitrogens with zero attached hydrogens (tertiary/aromatic N) is 3. The summed E-state index contributed by atoms with van der Waals surface area (Å²) in [5, 5.41) is 0. The van der Waals surface area contributed by atoms with Gasteiger partial charge in [-0.25, -0.2) is 4.39 Å². The summed E-state index contributed by atoms with van der Waals surface area (Å²) in [7, 11) is 0. The van der Waals surface area contributed by atoms with Gasteiger partial charge in [-0.15, -0.1) is 28.3 Å². The Balaban J connectivity index is 0.00000361. The third-order valence-corrected chi connectivity index (χ3v) is 8.46. The number of likely N-dealkylation sites (tertiary alicyclic amines) is 1. The maximum atomic E-state index is 14.4. The number of nitrogens with two attached hydrogens (primary N) is 1. The van der Waals surface area contributed by atoms with Gasteiger partial charge in [0, 0.05) is 49.7 Å². The monoisotopic (exact) mass is 602 g/mol. The fourth-order valence-corrected chi connectivity index (χ4v) is 6.11. The van der Waals surface area contributed by atoms with E-state index in [2.05, 4.69) is 15.9 Å². The Morgan fingerprint density at radius 2 is 1.86 bits per heavy atom. The number of carbonyl (C=O) groups excluding carboxylic acids is 1. The molecule has 2 aliphatic heterocycles. The molecule has 200 valence electrons. The van der Waals surface area contributed by atoms with Crippen LogP contribution in [0.1, 0.15) is 30.2 Å². The molecule has 36 heavy (non-hydrogen) atoms. The predicted molar refractivity (Wildman–Crippen MR) is 150 cm³/mol. The zero-order chi connectivity index (χ0) is 24.8. The molecule has 0 radical (unpaired) electrons. The van der Waals surface area contributed by atoms with Gasteiger partial charge in [0.05, 0.1) is 17.0 Å². The molecule has 1 atom stereocenters. The Morgan fingerprint density at radius 3 is 2.50 bits per heavy atom. The second kappa shape index (κ2) is 14.1. The fraction of sp³-hybridized carbons (Fsp3) is 0.577. The normalized spacial score (nSPS) is 18.6. The van der Waals surface area contributed by atoms with Gasteiger partial charge in [-0.1, -0.05) is 17.7 Å². The molecule has 1 amide bonds. The van der Waals surface area contributed by atoms with Crippen LogP contribution in [-0.2, 0) is 17.8 Å². The van der Waals surface area contributed by atoms with Crippen molar-refractivity contribution in [2.75, 3.05) is 52.4 Å². The zero-order valence-corrected chi connectivity index (χ0v) is 24.1. The predicted octanol–water partition coefficient (Wildman–Crippen LogP) is 4.44. The van der Waals surface area contributed by atoms with Gasteiger partial charge in [-0.2, -0.15) is 0 Å². The maximum Gasteiger partial charge on any atom is 0.239 e. The first kappa shape index (κ1) is 29.3. The van der Waals surface area contributed by atoms with Crippen molar-refractivity contribution in [2.45, 2.75) is 38.8 Å². The maximum absolute atomic E-state index is 14.4. The quantitative estimate of drug-likeness (QED) is 0.459. The Labute approximate surface area is 233 Å². The van der Waals surface area contributed by atoms with Crippen LogP contribution in [0, 0.1) is 11.7 Å². The van der Waals surface area contributed by atoms with Crippen LogP contribution < -0.4 is 10.5 Å². The molecule has 10 heteroatoms. The summed E-state index contributed by atoms with van der Waals surface area (Å²) < 4.78 is 20.9. The van der Waals surface area contributed by atoms with Crippen molar-refractivity contribution >= 4 is 45.8 Å². The molecular formula is C26H37BrClFN4O2S. The largest absolute Gasteiger partial charge is 0.493 e. The van der Waals surface area contributed by atoms with Gasteiger partial charge in [0.1, 0.15) is 11.6 Å². The lowest BCUT2D eigenvalue weighted by Gasteiger charge is -2.39. The molecule has 3 heterocycles. The number of hydrogen-bond donors (Lipinski definition) is 1. The lowest BCUT2D eigenvalue weighted by Crippen LogP contribution is -2.55. The van der Waals surface area contributed by atoms with Gasteiger partial charge >= 0.3 is 0 Å². The second-order valence-electron chi connectivity index (χ2n) is 9.41. The van der Waals surface area contributed by atoms with Crippen molar-refractivity contribution in [1.82, 2.24) is 14.7 Å². The third-order valence-electron chi connectivity index (χ3n) is 7.17. The summed E-state index contributed by atoms with van der Waals surface area (Å²) >= 11 is 7.68. The van der Waals surface area contributed by atoms with Crippen LogP contribution in [0.3, 0.4) is 0 Å². The summed E-state index contributed by atoms with van der Waals surface area (Å²) in [6.45, 7) is 8.47. The number of halogens is 3. The first-order chi connectivity index (χ1) is 16.9. The topological polar surface area (TPSA) is 62.0 Å². The number of carbonyl (C=O) groups is 1. The molecule has 6 nitrogen and oxygen atoms in total. The first-order valence-corrected chi connectivity index (χ1v) is 13.8. The van der Waals surface area contributed by atoms with E-state index in [0.29, 0.717) is 50.6 Å². The molecule has 2 N–H and O–H groups in total. The van der Waals surface area contributed by atoms with Gasteiger partial charge in [-0.3, -0.25) is 9.69 Å². The number of benzene rings is 1. The van der Waals surface area contributed by atoms with E-state index in [1.165, 1.54) is 10.9 Å². The van der Waals surface area contributed by atoms with Crippen LogP contribution in [0.2, 0.25) is 4.34 Å². The molecule has 4 rings (SSSR count). The van der Waals surface area contributed by atoms with Gasteiger partial charge in [0.25, 0.3) is 0 Å².